The maximum atomic E-state index is 8.93. The highest BCUT2D eigenvalue weighted by molar-refractivity contribution is 6.29. The van der Waals surface area contributed by atoms with Crippen LogP contribution in [0.4, 0.5) is 0 Å². The Morgan fingerprint density at radius 1 is 1.73 bits per heavy atom. The standard InChI is InChI=1S/C8H14ClNO/c1-7(9)5-10-4-2-3-8(10)6-11/h8,11H,1-6H2/t8-/m0/s1. The summed E-state index contributed by atoms with van der Waals surface area (Å²) in [7, 11) is 0. The molecule has 1 fully saturated rings. The molecule has 1 heterocycles. The van der Waals surface area contributed by atoms with Gasteiger partial charge >= 0.3 is 0 Å². The van der Waals surface area contributed by atoms with Crippen molar-refractivity contribution in [2.45, 2.75) is 18.9 Å². The Morgan fingerprint density at radius 3 is 3.00 bits per heavy atom. The van der Waals surface area contributed by atoms with Crippen molar-refractivity contribution in [2.24, 2.45) is 0 Å². The lowest BCUT2D eigenvalue weighted by Gasteiger charge is -2.21. The lowest BCUT2D eigenvalue weighted by Crippen LogP contribution is -2.32. The van der Waals surface area contributed by atoms with Crippen LogP contribution in [0.3, 0.4) is 0 Å². The molecule has 3 heteroatoms. The normalized spacial score (nSPS) is 25.8. The Hall–Kier alpha value is -0.0500. The summed E-state index contributed by atoms with van der Waals surface area (Å²) >= 11 is 5.66. The summed E-state index contributed by atoms with van der Waals surface area (Å²) in [4.78, 5) is 2.18. The first-order valence-corrected chi connectivity index (χ1v) is 4.30. The third-order valence-electron chi connectivity index (χ3n) is 2.08. The molecule has 2 nitrogen and oxygen atoms in total. The van der Waals surface area contributed by atoms with Crippen molar-refractivity contribution in [3.8, 4) is 0 Å². The molecule has 1 rings (SSSR count). The van der Waals surface area contributed by atoms with Gasteiger partial charge in [0.15, 0.2) is 0 Å². The third kappa shape index (κ3) is 2.47. The number of halogens is 1. The quantitative estimate of drug-likeness (QED) is 0.697. The van der Waals surface area contributed by atoms with Crippen LogP contribution in [0.2, 0.25) is 0 Å². The minimum Gasteiger partial charge on any atom is -0.395 e. The molecule has 0 radical (unpaired) electrons. The van der Waals surface area contributed by atoms with Crippen LogP contribution in [0.5, 0.6) is 0 Å². The summed E-state index contributed by atoms with van der Waals surface area (Å²) < 4.78 is 0. The van der Waals surface area contributed by atoms with Gasteiger partial charge in [-0.15, -0.1) is 0 Å². The van der Waals surface area contributed by atoms with Crippen LogP contribution in [-0.4, -0.2) is 35.7 Å². The average molecular weight is 176 g/mol. The first-order valence-electron chi connectivity index (χ1n) is 3.92. The first-order chi connectivity index (χ1) is 5.24. The van der Waals surface area contributed by atoms with Crippen molar-refractivity contribution in [3.05, 3.63) is 11.6 Å². The summed E-state index contributed by atoms with van der Waals surface area (Å²) in [5.41, 5.74) is 0. The summed E-state index contributed by atoms with van der Waals surface area (Å²) in [6, 6.07) is 0.311. The predicted molar refractivity (Wildman–Crippen MR) is 46.7 cm³/mol. The summed E-state index contributed by atoms with van der Waals surface area (Å²) in [5.74, 6) is 0. The molecular weight excluding hydrogens is 162 g/mol. The lowest BCUT2D eigenvalue weighted by atomic mass is 10.2. The molecule has 0 unspecified atom stereocenters. The zero-order valence-corrected chi connectivity index (χ0v) is 7.35. The fourth-order valence-corrected chi connectivity index (χ4v) is 1.68. The molecule has 1 saturated heterocycles. The molecule has 0 aromatic carbocycles. The van der Waals surface area contributed by atoms with Crippen LogP contribution in [0.15, 0.2) is 11.6 Å². The molecule has 0 saturated carbocycles. The van der Waals surface area contributed by atoms with E-state index in [2.05, 4.69) is 11.5 Å². The van der Waals surface area contributed by atoms with Gasteiger partial charge < -0.3 is 5.11 Å². The molecule has 11 heavy (non-hydrogen) atoms. The zero-order valence-electron chi connectivity index (χ0n) is 6.59. The highest BCUT2D eigenvalue weighted by atomic mass is 35.5. The van der Waals surface area contributed by atoms with Gasteiger partial charge in [-0.05, 0) is 19.4 Å². The van der Waals surface area contributed by atoms with E-state index >= 15 is 0 Å². The van der Waals surface area contributed by atoms with Crippen LogP contribution in [0.25, 0.3) is 0 Å². The van der Waals surface area contributed by atoms with Gasteiger partial charge in [0.05, 0.1) is 6.61 Å². The van der Waals surface area contributed by atoms with Gasteiger partial charge in [-0.1, -0.05) is 18.2 Å². The second-order valence-corrected chi connectivity index (χ2v) is 3.50. The second-order valence-electron chi connectivity index (χ2n) is 2.97. The van der Waals surface area contributed by atoms with E-state index in [1.165, 1.54) is 0 Å². The largest absolute Gasteiger partial charge is 0.395 e. The molecule has 1 atom stereocenters. The molecular formula is C8H14ClNO. The van der Waals surface area contributed by atoms with E-state index in [0.717, 1.165) is 19.4 Å². The first kappa shape index (κ1) is 9.04. The number of aliphatic hydroxyl groups is 1. The second kappa shape index (κ2) is 4.10. The van der Waals surface area contributed by atoms with Crippen molar-refractivity contribution in [3.63, 3.8) is 0 Å². The maximum Gasteiger partial charge on any atom is 0.0587 e. The van der Waals surface area contributed by atoms with E-state index in [9.17, 15) is 0 Å². The topological polar surface area (TPSA) is 23.5 Å². The molecule has 1 aliphatic heterocycles. The van der Waals surface area contributed by atoms with Crippen molar-refractivity contribution >= 4 is 11.6 Å². The highest BCUT2D eigenvalue weighted by Crippen LogP contribution is 2.18. The van der Waals surface area contributed by atoms with Gasteiger partial charge in [-0.25, -0.2) is 0 Å². The van der Waals surface area contributed by atoms with Crippen LogP contribution in [0, 0.1) is 0 Å². The van der Waals surface area contributed by atoms with Gasteiger partial charge in [0.2, 0.25) is 0 Å². The molecule has 0 amide bonds. The Balaban J connectivity index is 2.37. The molecule has 0 aliphatic carbocycles. The Labute approximate surface area is 72.5 Å². The fraction of sp³-hybridized carbons (Fsp3) is 0.750. The average Bonchev–Trinajstić information content (AvgIpc) is 2.34. The van der Waals surface area contributed by atoms with Crippen molar-refractivity contribution < 1.29 is 5.11 Å². The van der Waals surface area contributed by atoms with E-state index in [1.54, 1.807) is 0 Å². The molecule has 0 aromatic heterocycles. The molecule has 0 bridgehead atoms. The van der Waals surface area contributed by atoms with Crippen LogP contribution in [-0.2, 0) is 0 Å². The maximum absolute atomic E-state index is 8.93. The lowest BCUT2D eigenvalue weighted by molar-refractivity contribution is 0.169. The van der Waals surface area contributed by atoms with Crippen molar-refractivity contribution in [2.75, 3.05) is 19.7 Å². The van der Waals surface area contributed by atoms with Gasteiger partial charge in [0.1, 0.15) is 0 Å². The summed E-state index contributed by atoms with van der Waals surface area (Å²) in [6.07, 6.45) is 2.25. The summed E-state index contributed by atoms with van der Waals surface area (Å²) in [6.45, 7) is 5.62. The van der Waals surface area contributed by atoms with E-state index in [0.29, 0.717) is 17.6 Å². The van der Waals surface area contributed by atoms with Crippen LogP contribution >= 0.6 is 11.6 Å². The van der Waals surface area contributed by atoms with E-state index < -0.39 is 0 Å². The smallest absolute Gasteiger partial charge is 0.0587 e. The number of hydrogen-bond donors (Lipinski definition) is 1. The number of hydrogen-bond acceptors (Lipinski definition) is 2. The SMILES string of the molecule is C=C(Cl)CN1CCC[C@H]1CO. The summed E-state index contributed by atoms with van der Waals surface area (Å²) in [5, 5.41) is 9.59. The van der Waals surface area contributed by atoms with Gasteiger partial charge in [-0.2, -0.15) is 0 Å². The van der Waals surface area contributed by atoms with Crippen LogP contribution < -0.4 is 0 Å². The van der Waals surface area contributed by atoms with Crippen molar-refractivity contribution in [1.82, 2.24) is 4.90 Å². The van der Waals surface area contributed by atoms with Crippen LogP contribution in [0.1, 0.15) is 12.8 Å². The number of nitrogens with zero attached hydrogens (tertiary/aromatic N) is 1. The minimum atomic E-state index is 0.240. The molecule has 64 valence electrons. The number of aliphatic hydroxyl groups excluding tert-OH is 1. The van der Waals surface area contributed by atoms with E-state index in [-0.39, 0.29) is 6.61 Å². The van der Waals surface area contributed by atoms with Gasteiger partial charge in [0.25, 0.3) is 0 Å². The number of rotatable bonds is 3. The van der Waals surface area contributed by atoms with Gasteiger partial charge in [-0.3, -0.25) is 4.90 Å². The highest BCUT2D eigenvalue weighted by Gasteiger charge is 2.23. The van der Waals surface area contributed by atoms with Gasteiger partial charge in [0, 0.05) is 17.6 Å². The van der Waals surface area contributed by atoms with E-state index in [4.69, 9.17) is 16.7 Å². The van der Waals surface area contributed by atoms with Crippen molar-refractivity contribution in [1.29, 1.82) is 0 Å². The fourth-order valence-electron chi connectivity index (χ4n) is 1.53. The molecule has 1 N–H and O–H groups in total. The molecule has 0 spiro atoms. The monoisotopic (exact) mass is 175 g/mol. The Bertz CT molecular complexity index is 149. The third-order valence-corrected chi connectivity index (χ3v) is 2.20. The zero-order chi connectivity index (χ0) is 8.27. The molecule has 0 aromatic rings. The van der Waals surface area contributed by atoms with E-state index in [1.807, 2.05) is 0 Å². The number of likely N-dealkylation sites (tertiary alicyclic amines) is 1. The minimum absolute atomic E-state index is 0.240. The molecule has 1 aliphatic rings. The Morgan fingerprint density at radius 2 is 2.45 bits per heavy atom. The Kier molecular flexibility index (Phi) is 3.37. The predicted octanol–water partition coefficient (Wildman–Crippen LogP) is 1.20.